The predicted octanol–water partition coefficient (Wildman–Crippen LogP) is 2.71. The number of benzene rings is 2. The number of aliphatic hydroxyl groups is 1. The fourth-order valence-electron chi connectivity index (χ4n) is 1.83. The van der Waals surface area contributed by atoms with E-state index in [1.807, 2.05) is 12.1 Å². The Hall–Kier alpha value is -2.04. The Labute approximate surface area is 122 Å². The Bertz CT molecular complexity index is 592. The molecule has 2 rings (SSSR count). The minimum Gasteiger partial charge on any atom is -0.399 e. The van der Waals surface area contributed by atoms with Crippen LogP contribution >= 0.6 is 11.6 Å². The van der Waals surface area contributed by atoms with Gasteiger partial charge in [-0.05, 0) is 42.3 Å². The molecule has 0 fully saturated rings. The molecule has 0 spiro atoms. The van der Waals surface area contributed by atoms with E-state index in [2.05, 4.69) is 5.32 Å². The van der Waals surface area contributed by atoms with Crippen LogP contribution in [0.2, 0.25) is 5.02 Å². The number of hydrogen-bond acceptors (Lipinski definition) is 3. The summed E-state index contributed by atoms with van der Waals surface area (Å²) >= 11 is 5.87. The molecule has 0 saturated heterocycles. The highest BCUT2D eigenvalue weighted by Crippen LogP contribution is 2.18. The number of nitrogens with one attached hydrogen (secondary N) is 1. The van der Waals surface area contributed by atoms with Crippen molar-refractivity contribution in [2.24, 2.45) is 0 Å². The van der Waals surface area contributed by atoms with Crippen LogP contribution in [-0.2, 0) is 6.42 Å². The van der Waals surface area contributed by atoms with Crippen molar-refractivity contribution in [2.45, 2.75) is 6.42 Å². The van der Waals surface area contributed by atoms with Crippen molar-refractivity contribution in [1.29, 1.82) is 0 Å². The van der Waals surface area contributed by atoms with Crippen LogP contribution in [0.4, 0.5) is 11.4 Å². The van der Waals surface area contributed by atoms with Gasteiger partial charge < -0.3 is 16.2 Å². The maximum atomic E-state index is 12.1. The van der Waals surface area contributed by atoms with E-state index >= 15 is 0 Å². The molecule has 0 bridgehead atoms. The molecule has 0 aromatic heterocycles. The second-order valence-electron chi connectivity index (χ2n) is 4.40. The van der Waals surface area contributed by atoms with E-state index in [0.29, 0.717) is 28.4 Å². The van der Waals surface area contributed by atoms with E-state index in [-0.39, 0.29) is 12.5 Å². The van der Waals surface area contributed by atoms with E-state index in [9.17, 15) is 4.79 Å². The van der Waals surface area contributed by atoms with E-state index in [1.54, 1.807) is 30.3 Å². The Morgan fingerprint density at radius 2 is 1.90 bits per heavy atom. The fraction of sp³-hybridized carbons (Fsp3) is 0.133. The summed E-state index contributed by atoms with van der Waals surface area (Å²) in [5, 5.41) is 12.0. The standard InChI is InChI=1S/C15H15ClN2O2/c16-12-7-11(8-13(17)9-12)15(20)18-14-3-1-10(2-4-14)5-6-19/h1-4,7-9,19H,5-6,17H2,(H,18,20). The van der Waals surface area contributed by atoms with E-state index < -0.39 is 0 Å². The summed E-state index contributed by atoms with van der Waals surface area (Å²) in [6.07, 6.45) is 0.596. The maximum absolute atomic E-state index is 12.1. The van der Waals surface area contributed by atoms with Crippen LogP contribution in [0.1, 0.15) is 15.9 Å². The third kappa shape index (κ3) is 3.73. The number of carbonyl (C=O) groups is 1. The van der Waals surface area contributed by atoms with Crippen molar-refractivity contribution in [3.8, 4) is 0 Å². The lowest BCUT2D eigenvalue weighted by Crippen LogP contribution is -2.12. The Morgan fingerprint density at radius 3 is 2.50 bits per heavy atom. The lowest BCUT2D eigenvalue weighted by Gasteiger charge is -2.07. The first-order valence-corrected chi connectivity index (χ1v) is 6.53. The van der Waals surface area contributed by atoms with Gasteiger partial charge in [-0.15, -0.1) is 0 Å². The van der Waals surface area contributed by atoms with Crippen LogP contribution in [0, 0.1) is 0 Å². The number of halogens is 1. The molecule has 0 aliphatic carbocycles. The summed E-state index contributed by atoms with van der Waals surface area (Å²) in [5.74, 6) is -0.269. The van der Waals surface area contributed by atoms with Crippen molar-refractivity contribution in [2.75, 3.05) is 17.7 Å². The molecule has 104 valence electrons. The van der Waals surface area contributed by atoms with Gasteiger partial charge >= 0.3 is 0 Å². The number of nitrogen functional groups attached to an aromatic ring is 1. The Balaban J connectivity index is 2.10. The smallest absolute Gasteiger partial charge is 0.255 e. The van der Waals surface area contributed by atoms with Crippen molar-refractivity contribution in [1.82, 2.24) is 0 Å². The topological polar surface area (TPSA) is 75.4 Å². The molecule has 2 aromatic carbocycles. The molecule has 0 atom stereocenters. The van der Waals surface area contributed by atoms with Crippen LogP contribution in [0.3, 0.4) is 0 Å². The number of nitrogens with two attached hydrogens (primary N) is 1. The normalized spacial score (nSPS) is 10.3. The van der Waals surface area contributed by atoms with Crippen LogP contribution < -0.4 is 11.1 Å². The van der Waals surface area contributed by atoms with Crippen LogP contribution in [0.5, 0.6) is 0 Å². The highest BCUT2D eigenvalue weighted by atomic mass is 35.5. The number of carbonyl (C=O) groups excluding carboxylic acids is 1. The summed E-state index contributed by atoms with van der Waals surface area (Å²) in [7, 11) is 0. The van der Waals surface area contributed by atoms with Gasteiger partial charge in [0, 0.05) is 28.6 Å². The van der Waals surface area contributed by atoms with Crippen LogP contribution in [-0.4, -0.2) is 17.6 Å². The molecule has 20 heavy (non-hydrogen) atoms. The van der Waals surface area contributed by atoms with E-state index in [0.717, 1.165) is 5.56 Å². The summed E-state index contributed by atoms with van der Waals surface area (Å²) < 4.78 is 0. The van der Waals surface area contributed by atoms with Gasteiger partial charge in [0.2, 0.25) is 0 Å². The zero-order chi connectivity index (χ0) is 14.5. The molecular formula is C15H15ClN2O2. The maximum Gasteiger partial charge on any atom is 0.255 e. The molecule has 1 amide bonds. The summed E-state index contributed by atoms with van der Waals surface area (Å²) in [6.45, 7) is 0.105. The van der Waals surface area contributed by atoms with Crippen molar-refractivity contribution >= 4 is 28.9 Å². The predicted molar refractivity (Wildman–Crippen MR) is 81.0 cm³/mol. The second kappa shape index (κ2) is 6.41. The molecule has 0 unspecified atom stereocenters. The van der Waals surface area contributed by atoms with Gasteiger partial charge in [-0.3, -0.25) is 4.79 Å². The van der Waals surface area contributed by atoms with Crippen molar-refractivity contribution in [3.05, 3.63) is 58.6 Å². The highest BCUT2D eigenvalue weighted by Gasteiger charge is 2.08. The van der Waals surface area contributed by atoms with E-state index in [1.165, 1.54) is 0 Å². The highest BCUT2D eigenvalue weighted by molar-refractivity contribution is 6.31. The van der Waals surface area contributed by atoms with Gasteiger partial charge in [0.25, 0.3) is 5.91 Å². The molecular weight excluding hydrogens is 276 g/mol. The number of amides is 1. The molecule has 5 heteroatoms. The first kappa shape index (κ1) is 14.4. The van der Waals surface area contributed by atoms with Gasteiger partial charge in [0.15, 0.2) is 0 Å². The van der Waals surface area contributed by atoms with Crippen molar-refractivity contribution < 1.29 is 9.90 Å². The number of anilines is 2. The molecule has 0 aliphatic rings. The number of hydrogen-bond donors (Lipinski definition) is 3. The monoisotopic (exact) mass is 290 g/mol. The molecule has 0 saturated carbocycles. The lowest BCUT2D eigenvalue weighted by atomic mass is 10.1. The minimum atomic E-state index is -0.269. The zero-order valence-electron chi connectivity index (χ0n) is 10.8. The van der Waals surface area contributed by atoms with Gasteiger partial charge in [-0.25, -0.2) is 0 Å². The Kier molecular flexibility index (Phi) is 4.61. The molecule has 2 aromatic rings. The summed E-state index contributed by atoms with van der Waals surface area (Å²) in [4.78, 5) is 12.1. The molecule has 0 aliphatic heterocycles. The second-order valence-corrected chi connectivity index (χ2v) is 4.83. The average Bonchev–Trinajstić information content (AvgIpc) is 2.40. The third-order valence-electron chi connectivity index (χ3n) is 2.79. The number of aliphatic hydroxyl groups excluding tert-OH is 1. The Morgan fingerprint density at radius 1 is 1.20 bits per heavy atom. The fourth-order valence-corrected chi connectivity index (χ4v) is 2.07. The molecule has 4 N–H and O–H groups in total. The quantitative estimate of drug-likeness (QED) is 0.758. The first-order chi connectivity index (χ1) is 9.58. The zero-order valence-corrected chi connectivity index (χ0v) is 11.5. The van der Waals surface area contributed by atoms with Crippen molar-refractivity contribution in [3.63, 3.8) is 0 Å². The van der Waals surface area contributed by atoms with Crippen LogP contribution in [0.25, 0.3) is 0 Å². The van der Waals surface area contributed by atoms with Gasteiger partial charge in [-0.2, -0.15) is 0 Å². The number of rotatable bonds is 4. The lowest BCUT2D eigenvalue weighted by molar-refractivity contribution is 0.102. The summed E-state index contributed by atoms with van der Waals surface area (Å²) in [5.41, 5.74) is 8.20. The first-order valence-electron chi connectivity index (χ1n) is 6.15. The molecule has 0 radical (unpaired) electrons. The van der Waals surface area contributed by atoms with Gasteiger partial charge in [0.05, 0.1) is 0 Å². The SMILES string of the molecule is Nc1cc(Cl)cc(C(=O)Nc2ccc(CCO)cc2)c1. The molecule has 0 heterocycles. The minimum absolute atomic E-state index is 0.105. The van der Waals surface area contributed by atoms with Gasteiger partial charge in [0.1, 0.15) is 0 Å². The van der Waals surface area contributed by atoms with E-state index in [4.69, 9.17) is 22.4 Å². The largest absolute Gasteiger partial charge is 0.399 e. The third-order valence-corrected chi connectivity index (χ3v) is 3.01. The average molecular weight is 291 g/mol. The van der Waals surface area contributed by atoms with Gasteiger partial charge in [-0.1, -0.05) is 23.7 Å². The molecule has 4 nitrogen and oxygen atoms in total. The summed E-state index contributed by atoms with van der Waals surface area (Å²) in [6, 6.07) is 12.0. The van der Waals surface area contributed by atoms with Crippen LogP contribution in [0.15, 0.2) is 42.5 Å².